The highest BCUT2D eigenvalue weighted by atomic mass is 35.5. The van der Waals surface area contributed by atoms with Gasteiger partial charge >= 0.3 is 0 Å². The fourth-order valence-electron chi connectivity index (χ4n) is 1.86. The van der Waals surface area contributed by atoms with Crippen LogP contribution in [0.4, 0.5) is 5.69 Å². The Labute approximate surface area is 127 Å². The predicted molar refractivity (Wildman–Crippen MR) is 80.4 cm³/mol. The largest absolute Gasteiger partial charge is 0.322 e. The number of amides is 1. The van der Waals surface area contributed by atoms with Crippen LogP contribution in [0.15, 0.2) is 47.4 Å². The van der Waals surface area contributed by atoms with Crippen molar-refractivity contribution in [2.45, 2.75) is 11.8 Å². The number of rotatable bonds is 3. The maximum Gasteiger partial charge on any atom is 0.294 e. The number of aryl methyl sites for hydroxylation is 1. The van der Waals surface area contributed by atoms with Gasteiger partial charge in [-0.1, -0.05) is 23.7 Å². The van der Waals surface area contributed by atoms with Gasteiger partial charge in [0, 0.05) is 5.69 Å². The van der Waals surface area contributed by atoms with Crippen molar-refractivity contribution in [3.05, 3.63) is 58.6 Å². The van der Waals surface area contributed by atoms with Gasteiger partial charge in [-0.15, -0.1) is 0 Å². The lowest BCUT2D eigenvalue weighted by Gasteiger charge is -2.09. The van der Waals surface area contributed by atoms with Gasteiger partial charge in [-0.3, -0.25) is 9.35 Å². The van der Waals surface area contributed by atoms with Crippen molar-refractivity contribution >= 4 is 33.3 Å². The summed E-state index contributed by atoms with van der Waals surface area (Å²) in [5.74, 6) is -0.403. The average Bonchev–Trinajstić information content (AvgIpc) is 2.37. The Morgan fingerprint density at radius 2 is 1.86 bits per heavy atom. The number of hydrogen-bond acceptors (Lipinski definition) is 3. The van der Waals surface area contributed by atoms with Crippen LogP contribution in [0.3, 0.4) is 0 Å². The Morgan fingerprint density at radius 3 is 2.43 bits per heavy atom. The van der Waals surface area contributed by atoms with E-state index in [-0.39, 0.29) is 4.90 Å². The first-order valence-electron chi connectivity index (χ1n) is 5.93. The molecule has 7 heteroatoms. The predicted octanol–water partition coefficient (Wildman–Crippen LogP) is 3.15. The van der Waals surface area contributed by atoms with E-state index in [1.807, 2.05) is 0 Å². The molecule has 0 saturated heterocycles. The quantitative estimate of drug-likeness (QED) is 0.849. The van der Waals surface area contributed by atoms with E-state index in [4.69, 9.17) is 16.2 Å². The minimum Gasteiger partial charge on any atom is -0.322 e. The number of carbonyl (C=O) groups is 1. The van der Waals surface area contributed by atoms with Gasteiger partial charge in [0.15, 0.2) is 0 Å². The molecule has 0 unspecified atom stereocenters. The molecule has 2 aromatic rings. The van der Waals surface area contributed by atoms with Crippen molar-refractivity contribution in [2.75, 3.05) is 5.32 Å². The molecule has 0 heterocycles. The van der Waals surface area contributed by atoms with Crippen LogP contribution in [0.5, 0.6) is 0 Å². The van der Waals surface area contributed by atoms with Gasteiger partial charge in [0.25, 0.3) is 16.0 Å². The molecule has 0 fully saturated rings. The van der Waals surface area contributed by atoms with Crippen molar-refractivity contribution in [2.24, 2.45) is 0 Å². The molecule has 2 rings (SSSR count). The molecule has 0 atom stereocenters. The zero-order valence-corrected chi connectivity index (χ0v) is 12.6. The van der Waals surface area contributed by atoms with Crippen LogP contribution in [0.1, 0.15) is 15.9 Å². The second-order valence-corrected chi connectivity index (χ2v) is 6.19. The third-order valence-corrected chi connectivity index (χ3v) is 4.17. The van der Waals surface area contributed by atoms with Gasteiger partial charge in [-0.2, -0.15) is 8.42 Å². The highest BCUT2D eigenvalue weighted by molar-refractivity contribution is 7.85. The van der Waals surface area contributed by atoms with Gasteiger partial charge in [0.1, 0.15) is 0 Å². The summed E-state index contributed by atoms with van der Waals surface area (Å²) in [6, 6.07) is 10.7. The lowest BCUT2D eigenvalue weighted by molar-refractivity contribution is 0.102. The van der Waals surface area contributed by atoms with Crippen LogP contribution >= 0.6 is 11.6 Å². The first-order chi connectivity index (χ1) is 9.79. The molecule has 1 amide bonds. The lowest BCUT2D eigenvalue weighted by atomic mass is 10.2. The van der Waals surface area contributed by atoms with Crippen molar-refractivity contribution < 1.29 is 17.8 Å². The second kappa shape index (κ2) is 5.85. The monoisotopic (exact) mass is 325 g/mol. The fourth-order valence-corrected chi connectivity index (χ4v) is 2.79. The van der Waals surface area contributed by atoms with E-state index in [1.165, 1.54) is 25.1 Å². The summed E-state index contributed by atoms with van der Waals surface area (Å²) in [6.45, 7) is 1.52. The zero-order valence-electron chi connectivity index (χ0n) is 11.0. The number of hydrogen-bond donors (Lipinski definition) is 2. The van der Waals surface area contributed by atoms with Crippen LogP contribution in [-0.4, -0.2) is 18.9 Å². The van der Waals surface area contributed by atoms with Crippen LogP contribution in [-0.2, 0) is 10.1 Å². The molecule has 0 bridgehead atoms. The van der Waals surface area contributed by atoms with E-state index in [0.29, 0.717) is 21.8 Å². The molecule has 0 radical (unpaired) electrons. The number of halogens is 1. The first kappa shape index (κ1) is 15.5. The Hall–Kier alpha value is -1.89. The molecule has 21 heavy (non-hydrogen) atoms. The normalized spacial score (nSPS) is 11.2. The summed E-state index contributed by atoms with van der Waals surface area (Å²) in [4.78, 5) is 11.9. The second-order valence-electron chi connectivity index (χ2n) is 4.39. The lowest BCUT2D eigenvalue weighted by Crippen LogP contribution is -2.13. The van der Waals surface area contributed by atoms with Crippen LogP contribution in [0.25, 0.3) is 0 Å². The molecule has 0 aliphatic rings. The van der Waals surface area contributed by atoms with Gasteiger partial charge in [0.2, 0.25) is 0 Å². The fraction of sp³-hybridized carbons (Fsp3) is 0.0714. The van der Waals surface area contributed by atoms with Gasteiger partial charge in [-0.25, -0.2) is 0 Å². The first-order valence-corrected chi connectivity index (χ1v) is 7.75. The summed E-state index contributed by atoms with van der Waals surface area (Å²) in [5, 5.41) is 2.94. The molecule has 0 aromatic heterocycles. The average molecular weight is 326 g/mol. The molecule has 0 spiro atoms. The van der Waals surface area contributed by atoms with Crippen molar-refractivity contribution in [1.82, 2.24) is 0 Å². The zero-order chi connectivity index (χ0) is 15.6. The van der Waals surface area contributed by atoms with Gasteiger partial charge in [-0.05, 0) is 42.8 Å². The summed E-state index contributed by atoms with van der Waals surface area (Å²) in [7, 11) is -4.27. The van der Waals surface area contributed by atoms with Gasteiger partial charge in [0.05, 0.1) is 15.5 Å². The van der Waals surface area contributed by atoms with Crippen molar-refractivity contribution in [3.63, 3.8) is 0 Å². The SMILES string of the molecule is Cc1cc(NC(=O)c2ccccc2Cl)ccc1S(=O)(=O)O. The number of nitrogens with one attached hydrogen (secondary N) is 1. The third-order valence-electron chi connectivity index (χ3n) is 2.83. The molecule has 2 N–H and O–H groups in total. The molecular weight excluding hydrogens is 314 g/mol. The van der Waals surface area contributed by atoms with E-state index in [0.717, 1.165) is 0 Å². The van der Waals surface area contributed by atoms with E-state index >= 15 is 0 Å². The van der Waals surface area contributed by atoms with Crippen molar-refractivity contribution in [3.8, 4) is 0 Å². The number of benzene rings is 2. The molecule has 5 nitrogen and oxygen atoms in total. The summed E-state index contributed by atoms with van der Waals surface area (Å²) in [5.41, 5.74) is 1.05. The highest BCUT2D eigenvalue weighted by Crippen LogP contribution is 2.21. The van der Waals surface area contributed by atoms with Crippen LogP contribution in [0, 0.1) is 6.92 Å². The molecule has 0 aliphatic heterocycles. The summed E-state index contributed by atoms with van der Waals surface area (Å²) in [6.07, 6.45) is 0. The van der Waals surface area contributed by atoms with E-state index in [9.17, 15) is 13.2 Å². The number of carbonyl (C=O) groups excluding carboxylic acids is 1. The van der Waals surface area contributed by atoms with E-state index in [2.05, 4.69) is 5.32 Å². The smallest absolute Gasteiger partial charge is 0.294 e. The third kappa shape index (κ3) is 3.60. The maximum absolute atomic E-state index is 12.1. The topological polar surface area (TPSA) is 83.5 Å². The van der Waals surface area contributed by atoms with Crippen LogP contribution in [0.2, 0.25) is 5.02 Å². The highest BCUT2D eigenvalue weighted by Gasteiger charge is 2.14. The minimum absolute atomic E-state index is 0.196. The number of anilines is 1. The molecular formula is C14H12ClNO4S. The standard InChI is InChI=1S/C14H12ClNO4S/c1-9-8-10(6-7-13(9)21(18,19)20)16-14(17)11-4-2-3-5-12(11)15/h2-8H,1H3,(H,16,17)(H,18,19,20). The summed E-state index contributed by atoms with van der Waals surface area (Å²) < 4.78 is 31.2. The van der Waals surface area contributed by atoms with Crippen molar-refractivity contribution in [1.29, 1.82) is 0 Å². The van der Waals surface area contributed by atoms with E-state index < -0.39 is 16.0 Å². The Kier molecular flexibility index (Phi) is 4.32. The molecule has 0 aliphatic carbocycles. The molecule has 0 saturated carbocycles. The Morgan fingerprint density at radius 1 is 1.19 bits per heavy atom. The van der Waals surface area contributed by atoms with Crippen LogP contribution < -0.4 is 5.32 Å². The molecule has 110 valence electrons. The van der Waals surface area contributed by atoms with Gasteiger partial charge < -0.3 is 5.32 Å². The van der Waals surface area contributed by atoms with E-state index in [1.54, 1.807) is 24.3 Å². The summed E-state index contributed by atoms with van der Waals surface area (Å²) >= 11 is 5.93. The molecule has 2 aromatic carbocycles. The maximum atomic E-state index is 12.1. The minimum atomic E-state index is -4.27. The Balaban J connectivity index is 2.27. The Bertz CT molecular complexity index is 802.